The molecule has 3 aliphatic heterocycles. The lowest BCUT2D eigenvalue weighted by molar-refractivity contribution is -0.0111. The van der Waals surface area contributed by atoms with E-state index in [1.54, 1.807) is 0 Å². The minimum atomic E-state index is -0.234. The highest BCUT2D eigenvalue weighted by Crippen LogP contribution is 2.34. The number of carbonyl (C=O) groups excluding carboxylic acids is 1. The Hall–Kier alpha value is -0.850. The molecule has 0 aromatic carbocycles. The van der Waals surface area contributed by atoms with E-state index in [1.165, 1.54) is 32.1 Å². The molecule has 6 nitrogen and oxygen atoms in total. The lowest BCUT2D eigenvalue weighted by Crippen LogP contribution is -2.50. The van der Waals surface area contributed by atoms with E-state index in [9.17, 15) is 4.79 Å². The molecule has 4 fully saturated rings. The molecule has 1 spiro atoms. The molecule has 1 atom stereocenters. The lowest BCUT2D eigenvalue weighted by atomic mass is 9.90. The maximum atomic E-state index is 12.4. The summed E-state index contributed by atoms with van der Waals surface area (Å²) in [5, 5.41) is 0. The standard InChI is InChI=1S/C21H37N3O3/c1-22(18-6-3-2-4-7-18)11-5-12-24-17-21(27-20(24)25)9-13-23(14-10-21)19-8-15-26-16-19/h18-19H,2-17H2,1H3/t19-/m0/s1. The molecular weight excluding hydrogens is 342 g/mol. The van der Waals surface area contributed by atoms with Crippen LogP contribution in [0.2, 0.25) is 0 Å². The van der Waals surface area contributed by atoms with Gasteiger partial charge in [-0.2, -0.15) is 0 Å². The van der Waals surface area contributed by atoms with Gasteiger partial charge in [0.15, 0.2) is 0 Å². The van der Waals surface area contributed by atoms with Gasteiger partial charge in [0.05, 0.1) is 13.2 Å². The summed E-state index contributed by atoms with van der Waals surface area (Å²) in [5.41, 5.74) is -0.234. The second-order valence-electron chi connectivity index (χ2n) is 9.15. The third kappa shape index (κ3) is 4.60. The molecule has 1 saturated carbocycles. The molecule has 4 rings (SSSR count). The number of hydrogen-bond donors (Lipinski definition) is 0. The van der Waals surface area contributed by atoms with Crippen LogP contribution in [0.15, 0.2) is 0 Å². The zero-order valence-electron chi connectivity index (χ0n) is 17.0. The summed E-state index contributed by atoms with van der Waals surface area (Å²) in [6, 6.07) is 1.32. The summed E-state index contributed by atoms with van der Waals surface area (Å²) in [5.74, 6) is 0. The summed E-state index contributed by atoms with van der Waals surface area (Å²) in [7, 11) is 2.25. The number of carbonyl (C=O) groups is 1. The fraction of sp³-hybridized carbons (Fsp3) is 0.952. The van der Waals surface area contributed by atoms with Crippen LogP contribution in [-0.2, 0) is 9.47 Å². The molecule has 1 amide bonds. The van der Waals surface area contributed by atoms with E-state index >= 15 is 0 Å². The zero-order chi connectivity index (χ0) is 18.7. The van der Waals surface area contributed by atoms with Crippen molar-refractivity contribution < 1.29 is 14.3 Å². The number of rotatable bonds is 6. The SMILES string of the molecule is CN(CCCN1CC2(CCN([C@H]3CCOC3)CC2)OC1=O)C1CCCCC1. The minimum absolute atomic E-state index is 0.0898. The lowest BCUT2D eigenvalue weighted by Gasteiger charge is -2.39. The molecule has 154 valence electrons. The average Bonchev–Trinajstić information content (AvgIpc) is 3.32. The predicted octanol–water partition coefficient (Wildman–Crippen LogP) is 2.72. The summed E-state index contributed by atoms with van der Waals surface area (Å²) >= 11 is 0. The summed E-state index contributed by atoms with van der Waals surface area (Å²) in [6.07, 6.45) is 10.9. The van der Waals surface area contributed by atoms with E-state index in [1.807, 2.05) is 4.90 Å². The van der Waals surface area contributed by atoms with Crippen molar-refractivity contribution in [1.29, 1.82) is 0 Å². The van der Waals surface area contributed by atoms with Gasteiger partial charge in [0.25, 0.3) is 0 Å². The van der Waals surface area contributed by atoms with Gasteiger partial charge in [-0.25, -0.2) is 4.79 Å². The third-order valence-electron chi connectivity index (χ3n) is 7.31. The van der Waals surface area contributed by atoms with Gasteiger partial charge in [0.1, 0.15) is 5.60 Å². The minimum Gasteiger partial charge on any atom is -0.441 e. The molecular formula is C21H37N3O3. The number of nitrogens with zero attached hydrogens (tertiary/aromatic N) is 3. The predicted molar refractivity (Wildman–Crippen MR) is 105 cm³/mol. The molecule has 27 heavy (non-hydrogen) atoms. The van der Waals surface area contributed by atoms with Gasteiger partial charge < -0.3 is 19.3 Å². The van der Waals surface area contributed by atoms with E-state index in [0.717, 1.165) is 77.7 Å². The molecule has 0 radical (unpaired) electrons. The van der Waals surface area contributed by atoms with Gasteiger partial charge in [-0.05, 0) is 39.3 Å². The van der Waals surface area contributed by atoms with Crippen LogP contribution in [-0.4, -0.2) is 91.5 Å². The quantitative estimate of drug-likeness (QED) is 0.710. The molecule has 0 N–H and O–H groups in total. The van der Waals surface area contributed by atoms with Crippen LogP contribution in [0, 0.1) is 0 Å². The first-order valence-corrected chi connectivity index (χ1v) is 11.2. The van der Waals surface area contributed by atoms with Crippen molar-refractivity contribution in [2.45, 2.75) is 75.5 Å². The van der Waals surface area contributed by atoms with Crippen LogP contribution >= 0.6 is 0 Å². The van der Waals surface area contributed by atoms with Gasteiger partial charge in [-0.15, -0.1) is 0 Å². The van der Waals surface area contributed by atoms with E-state index in [-0.39, 0.29) is 11.7 Å². The van der Waals surface area contributed by atoms with Crippen molar-refractivity contribution in [2.75, 3.05) is 53.0 Å². The van der Waals surface area contributed by atoms with Crippen LogP contribution in [0.5, 0.6) is 0 Å². The first-order valence-electron chi connectivity index (χ1n) is 11.2. The molecule has 3 saturated heterocycles. The van der Waals surface area contributed by atoms with Gasteiger partial charge in [-0.1, -0.05) is 19.3 Å². The Morgan fingerprint density at radius 1 is 1.15 bits per heavy atom. The van der Waals surface area contributed by atoms with Gasteiger partial charge in [0, 0.05) is 51.2 Å². The molecule has 0 unspecified atom stereocenters. The first-order chi connectivity index (χ1) is 13.2. The molecule has 0 aromatic rings. The van der Waals surface area contributed by atoms with E-state index in [0.29, 0.717) is 6.04 Å². The maximum absolute atomic E-state index is 12.4. The summed E-state index contributed by atoms with van der Waals surface area (Å²) in [4.78, 5) is 19.4. The van der Waals surface area contributed by atoms with Gasteiger partial charge in [0.2, 0.25) is 0 Å². The Balaban J connectivity index is 1.20. The van der Waals surface area contributed by atoms with Gasteiger partial charge in [-0.3, -0.25) is 4.90 Å². The second kappa shape index (κ2) is 8.66. The van der Waals surface area contributed by atoms with Gasteiger partial charge >= 0.3 is 6.09 Å². The van der Waals surface area contributed by atoms with E-state index in [4.69, 9.17) is 9.47 Å². The number of piperidine rings is 1. The molecule has 3 heterocycles. The van der Waals surface area contributed by atoms with Crippen molar-refractivity contribution in [3.8, 4) is 0 Å². The maximum Gasteiger partial charge on any atom is 0.410 e. The fourth-order valence-corrected chi connectivity index (χ4v) is 5.45. The van der Waals surface area contributed by atoms with Crippen molar-refractivity contribution in [3.63, 3.8) is 0 Å². The van der Waals surface area contributed by atoms with Crippen LogP contribution < -0.4 is 0 Å². The number of hydrogen-bond acceptors (Lipinski definition) is 5. The van der Waals surface area contributed by atoms with Crippen LogP contribution in [0.4, 0.5) is 4.79 Å². The average molecular weight is 380 g/mol. The summed E-state index contributed by atoms with van der Waals surface area (Å²) in [6.45, 7) is 6.51. The third-order valence-corrected chi connectivity index (χ3v) is 7.31. The smallest absolute Gasteiger partial charge is 0.410 e. The normalized spacial score (nSPS) is 29.8. The number of amides is 1. The molecule has 4 aliphatic rings. The topological polar surface area (TPSA) is 45.2 Å². The van der Waals surface area contributed by atoms with Crippen molar-refractivity contribution in [1.82, 2.24) is 14.7 Å². The molecule has 6 heteroatoms. The molecule has 0 aromatic heterocycles. The number of ether oxygens (including phenoxy) is 2. The highest BCUT2D eigenvalue weighted by atomic mass is 16.6. The largest absolute Gasteiger partial charge is 0.441 e. The van der Waals surface area contributed by atoms with Crippen molar-refractivity contribution in [3.05, 3.63) is 0 Å². The van der Waals surface area contributed by atoms with Crippen LogP contribution in [0.1, 0.15) is 57.8 Å². The van der Waals surface area contributed by atoms with Crippen molar-refractivity contribution >= 4 is 6.09 Å². The highest BCUT2D eigenvalue weighted by molar-refractivity contribution is 5.70. The molecule has 1 aliphatic carbocycles. The number of likely N-dealkylation sites (tertiary alicyclic amines) is 1. The Morgan fingerprint density at radius 3 is 2.63 bits per heavy atom. The van der Waals surface area contributed by atoms with E-state index in [2.05, 4.69) is 16.8 Å². The Labute approximate surface area is 164 Å². The monoisotopic (exact) mass is 379 g/mol. The highest BCUT2D eigenvalue weighted by Gasteiger charge is 2.47. The first kappa shape index (κ1) is 19.5. The second-order valence-corrected chi connectivity index (χ2v) is 9.15. The Morgan fingerprint density at radius 2 is 1.93 bits per heavy atom. The van der Waals surface area contributed by atoms with Crippen LogP contribution in [0.3, 0.4) is 0 Å². The van der Waals surface area contributed by atoms with Crippen molar-refractivity contribution in [2.24, 2.45) is 0 Å². The zero-order valence-corrected chi connectivity index (χ0v) is 17.0. The Bertz CT molecular complexity index is 495. The van der Waals surface area contributed by atoms with E-state index < -0.39 is 0 Å². The fourth-order valence-electron chi connectivity index (χ4n) is 5.45. The Kier molecular flexibility index (Phi) is 6.25. The molecule has 0 bridgehead atoms. The van der Waals surface area contributed by atoms with Crippen LogP contribution in [0.25, 0.3) is 0 Å². The summed E-state index contributed by atoms with van der Waals surface area (Å²) < 4.78 is 11.4.